The Morgan fingerprint density at radius 3 is 2.68 bits per heavy atom. The second kappa shape index (κ2) is 8.17. The van der Waals surface area contributed by atoms with Crippen LogP contribution in [0, 0.1) is 13.8 Å². The van der Waals surface area contributed by atoms with Gasteiger partial charge in [0.2, 0.25) is 0 Å². The third kappa shape index (κ3) is 4.17. The Morgan fingerprint density at radius 2 is 1.93 bits per heavy atom. The van der Waals surface area contributed by atoms with Crippen LogP contribution in [0.4, 0.5) is 0 Å². The molecule has 6 N–H and O–H groups in total. The van der Waals surface area contributed by atoms with E-state index in [1.54, 1.807) is 0 Å². The molecule has 10 nitrogen and oxygen atoms in total. The van der Waals surface area contributed by atoms with E-state index in [4.69, 9.17) is 11.5 Å². The fourth-order valence-corrected chi connectivity index (χ4v) is 3.00. The van der Waals surface area contributed by atoms with Crippen molar-refractivity contribution < 1.29 is 0 Å². The Labute approximate surface area is 161 Å². The third-order valence-electron chi connectivity index (χ3n) is 4.54. The van der Waals surface area contributed by atoms with E-state index < -0.39 is 11.2 Å². The molecule has 2 aliphatic heterocycles. The first-order valence-corrected chi connectivity index (χ1v) is 9.05. The van der Waals surface area contributed by atoms with E-state index in [1.165, 1.54) is 0 Å². The smallest absolute Gasteiger partial charge is 0.349 e. The fraction of sp³-hybridized carbons (Fsp3) is 0.389. The van der Waals surface area contributed by atoms with Crippen molar-refractivity contribution in [2.75, 3.05) is 19.6 Å². The van der Waals surface area contributed by atoms with Crippen LogP contribution in [0.2, 0.25) is 0 Å². The Bertz CT molecular complexity index is 1110. The quantitative estimate of drug-likeness (QED) is 0.184. The maximum Gasteiger partial charge on any atom is 0.349 e. The van der Waals surface area contributed by atoms with Crippen molar-refractivity contribution in [1.82, 2.24) is 24.8 Å². The van der Waals surface area contributed by atoms with E-state index in [-0.39, 0.29) is 17.5 Å². The summed E-state index contributed by atoms with van der Waals surface area (Å²) in [6, 6.07) is 3.94. The predicted octanol–water partition coefficient (Wildman–Crippen LogP) is -0.545. The van der Waals surface area contributed by atoms with Gasteiger partial charge in [-0.2, -0.15) is 4.98 Å². The molecule has 0 radical (unpaired) electrons. The summed E-state index contributed by atoms with van der Waals surface area (Å²) in [5.41, 5.74) is 13.2. The van der Waals surface area contributed by atoms with Crippen molar-refractivity contribution >= 4 is 17.0 Å². The first-order valence-electron chi connectivity index (χ1n) is 9.05. The molecular formula is C18H24N8O2. The van der Waals surface area contributed by atoms with E-state index in [2.05, 4.69) is 25.3 Å². The van der Waals surface area contributed by atoms with Crippen LogP contribution in [-0.4, -0.2) is 45.1 Å². The molecule has 0 aliphatic carbocycles. The molecule has 0 atom stereocenters. The number of nitrogens with two attached hydrogens (primary N) is 2. The predicted molar refractivity (Wildman–Crippen MR) is 109 cm³/mol. The molecule has 0 fully saturated rings. The summed E-state index contributed by atoms with van der Waals surface area (Å²) in [6.45, 7) is 6.43. The van der Waals surface area contributed by atoms with Gasteiger partial charge in [-0.05, 0) is 50.1 Å². The second-order valence-electron chi connectivity index (χ2n) is 6.64. The number of rotatable bonds is 7. The first-order chi connectivity index (χ1) is 13.4. The number of aliphatic imine (C=N–C) groups is 1. The Morgan fingerprint density at radius 1 is 1.18 bits per heavy atom. The Kier molecular flexibility index (Phi) is 5.69. The van der Waals surface area contributed by atoms with Gasteiger partial charge in [-0.25, -0.2) is 9.78 Å². The molecule has 0 spiro atoms. The zero-order chi connectivity index (χ0) is 20.3. The van der Waals surface area contributed by atoms with Crippen LogP contribution < -0.4 is 28.0 Å². The van der Waals surface area contributed by atoms with Gasteiger partial charge in [0, 0.05) is 19.6 Å². The third-order valence-corrected chi connectivity index (χ3v) is 4.54. The lowest BCUT2D eigenvalue weighted by molar-refractivity contribution is 0.590. The van der Waals surface area contributed by atoms with E-state index in [0.717, 1.165) is 29.6 Å². The van der Waals surface area contributed by atoms with Gasteiger partial charge in [0.15, 0.2) is 17.5 Å². The molecule has 2 aliphatic rings. The van der Waals surface area contributed by atoms with Gasteiger partial charge in [-0.15, -0.1) is 0 Å². The SMILES string of the molecule is Cc1cc2nc3c(=O)[nH]c(=O)nc-3n(CCNCCCN=C(N)N)c2cc1C. The van der Waals surface area contributed by atoms with Crippen LogP contribution in [0.25, 0.3) is 22.6 Å². The number of aromatic amines is 1. The molecule has 0 amide bonds. The highest BCUT2D eigenvalue weighted by atomic mass is 16.2. The zero-order valence-electron chi connectivity index (χ0n) is 16.0. The summed E-state index contributed by atoms with van der Waals surface area (Å²) in [5.74, 6) is 0.368. The van der Waals surface area contributed by atoms with Crippen molar-refractivity contribution in [3.63, 3.8) is 0 Å². The average molecular weight is 384 g/mol. The van der Waals surface area contributed by atoms with Gasteiger partial charge < -0.3 is 21.4 Å². The van der Waals surface area contributed by atoms with Crippen LogP contribution in [0.3, 0.4) is 0 Å². The van der Waals surface area contributed by atoms with Crippen LogP contribution in [-0.2, 0) is 6.54 Å². The lowest BCUT2D eigenvalue weighted by Crippen LogP contribution is -2.30. The number of H-pyrrole nitrogens is 1. The van der Waals surface area contributed by atoms with Gasteiger partial charge in [0.1, 0.15) is 0 Å². The van der Waals surface area contributed by atoms with Crippen molar-refractivity contribution in [1.29, 1.82) is 0 Å². The first kappa shape index (κ1) is 19.5. The van der Waals surface area contributed by atoms with Gasteiger partial charge in [-0.1, -0.05) is 0 Å². The average Bonchev–Trinajstić information content (AvgIpc) is 2.62. The number of fused-ring (bicyclic) bond motifs is 2. The molecule has 0 saturated carbocycles. The molecule has 0 unspecified atom stereocenters. The molecule has 1 aromatic rings. The van der Waals surface area contributed by atoms with Crippen LogP contribution in [0.15, 0.2) is 26.7 Å². The number of aromatic nitrogens is 4. The van der Waals surface area contributed by atoms with E-state index in [0.29, 0.717) is 25.2 Å². The highest BCUT2D eigenvalue weighted by Gasteiger charge is 2.18. The molecule has 28 heavy (non-hydrogen) atoms. The minimum Gasteiger partial charge on any atom is -0.370 e. The summed E-state index contributed by atoms with van der Waals surface area (Å²) in [6.07, 6.45) is 0.793. The van der Waals surface area contributed by atoms with Gasteiger partial charge in [-0.3, -0.25) is 14.8 Å². The molecule has 0 bridgehead atoms. The number of hydrogen-bond acceptors (Lipinski definition) is 6. The fourth-order valence-electron chi connectivity index (χ4n) is 3.00. The number of hydrogen-bond donors (Lipinski definition) is 4. The number of aryl methyl sites for hydroxylation is 2. The Balaban J connectivity index is 1.92. The number of guanidine groups is 1. The number of benzene rings is 1. The molecule has 2 heterocycles. The van der Waals surface area contributed by atoms with Crippen LogP contribution in [0.5, 0.6) is 0 Å². The monoisotopic (exact) mass is 384 g/mol. The lowest BCUT2D eigenvalue weighted by Gasteiger charge is -2.18. The van der Waals surface area contributed by atoms with E-state index in [9.17, 15) is 9.59 Å². The number of nitrogens with zero attached hydrogens (tertiary/aromatic N) is 4. The maximum absolute atomic E-state index is 12.2. The maximum atomic E-state index is 12.2. The minimum atomic E-state index is -0.679. The van der Waals surface area contributed by atoms with Crippen molar-refractivity contribution in [3.8, 4) is 11.5 Å². The molecule has 148 valence electrons. The molecule has 3 rings (SSSR count). The van der Waals surface area contributed by atoms with E-state index >= 15 is 0 Å². The number of nitrogens with one attached hydrogen (secondary N) is 2. The lowest BCUT2D eigenvalue weighted by atomic mass is 10.1. The van der Waals surface area contributed by atoms with Crippen molar-refractivity contribution in [2.45, 2.75) is 26.8 Å². The second-order valence-corrected chi connectivity index (χ2v) is 6.64. The summed E-state index contributed by atoms with van der Waals surface area (Å²) in [7, 11) is 0. The summed E-state index contributed by atoms with van der Waals surface area (Å²) < 4.78 is 1.86. The van der Waals surface area contributed by atoms with E-state index in [1.807, 2.05) is 30.5 Å². The zero-order valence-corrected chi connectivity index (χ0v) is 16.0. The normalized spacial score (nSPS) is 11.2. The van der Waals surface area contributed by atoms with Crippen molar-refractivity contribution in [3.05, 3.63) is 44.1 Å². The summed E-state index contributed by atoms with van der Waals surface area (Å²) in [4.78, 5) is 38.6. The highest BCUT2D eigenvalue weighted by molar-refractivity contribution is 5.81. The molecular weight excluding hydrogens is 360 g/mol. The van der Waals surface area contributed by atoms with Gasteiger partial charge in [0.05, 0.1) is 11.0 Å². The minimum absolute atomic E-state index is 0.0839. The van der Waals surface area contributed by atoms with Crippen LogP contribution >= 0.6 is 0 Å². The summed E-state index contributed by atoms with van der Waals surface area (Å²) >= 11 is 0. The standard InChI is InChI=1S/C18H24N8O2/c1-10-8-12-13(9-11(10)2)26(7-6-21-4-3-5-22-17(19)20)15-14(23-12)16(27)25-18(28)24-15/h8-9,21H,3-7H2,1-2H3,(H4,19,20,22)(H,25,27,28). The largest absolute Gasteiger partial charge is 0.370 e. The van der Waals surface area contributed by atoms with Gasteiger partial charge >= 0.3 is 5.69 Å². The highest BCUT2D eigenvalue weighted by Crippen LogP contribution is 2.23. The summed E-state index contributed by atoms with van der Waals surface area (Å²) in [5, 5.41) is 3.31. The van der Waals surface area contributed by atoms with Gasteiger partial charge in [0.25, 0.3) is 5.56 Å². The Hall–Kier alpha value is -3.27. The molecule has 1 aromatic carbocycles. The molecule has 0 saturated heterocycles. The molecule has 0 aromatic heterocycles. The molecule has 10 heteroatoms. The van der Waals surface area contributed by atoms with Crippen LogP contribution in [0.1, 0.15) is 17.5 Å². The van der Waals surface area contributed by atoms with Crippen molar-refractivity contribution in [2.24, 2.45) is 16.5 Å². The topological polar surface area (TPSA) is 157 Å².